The minimum atomic E-state index is -0.980. The van der Waals surface area contributed by atoms with E-state index in [0.717, 1.165) is 21.4 Å². The highest BCUT2D eigenvalue weighted by atomic mass is 79.9. The van der Waals surface area contributed by atoms with Gasteiger partial charge in [-0.2, -0.15) is 0 Å². The number of carbonyl (C=O) groups is 1. The second-order valence-electron chi connectivity index (χ2n) is 4.70. The number of rotatable bonds is 3. The van der Waals surface area contributed by atoms with E-state index in [1.807, 2.05) is 32.0 Å². The van der Waals surface area contributed by atoms with Crippen LogP contribution in [0, 0.1) is 20.8 Å². The van der Waals surface area contributed by atoms with Crippen molar-refractivity contribution >= 4 is 33.4 Å². The summed E-state index contributed by atoms with van der Waals surface area (Å²) in [6.07, 6.45) is 0. The monoisotopic (exact) mass is 334 g/mol. The van der Waals surface area contributed by atoms with Gasteiger partial charge in [0.1, 0.15) is 11.4 Å². The van der Waals surface area contributed by atoms with E-state index in [1.54, 1.807) is 13.0 Å². The second-order valence-corrected chi connectivity index (χ2v) is 5.55. The molecule has 0 unspecified atom stereocenters. The predicted octanol–water partition coefficient (Wildman–Crippen LogP) is 4.21. The van der Waals surface area contributed by atoms with Crippen molar-refractivity contribution in [2.45, 2.75) is 20.8 Å². The van der Waals surface area contributed by atoms with Gasteiger partial charge in [0.05, 0.1) is 0 Å². The average Bonchev–Trinajstić information content (AvgIpc) is 2.32. The number of nitrogens with zero attached hydrogens (tertiary/aromatic N) is 1. The topological polar surface area (TPSA) is 62.2 Å². The number of pyridine rings is 1. The first kappa shape index (κ1) is 14.5. The van der Waals surface area contributed by atoms with Crippen molar-refractivity contribution in [1.82, 2.24) is 4.98 Å². The second kappa shape index (κ2) is 5.63. The van der Waals surface area contributed by atoms with Gasteiger partial charge in [-0.05, 0) is 56.2 Å². The summed E-state index contributed by atoms with van der Waals surface area (Å²) >= 11 is 3.44. The Morgan fingerprint density at radius 3 is 2.50 bits per heavy atom. The van der Waals surface area contributed by atoms with Crippen LogP contribution in [0.2, 0.25) is 0 Å². The molecule has 104 valence electrons. The van der Waals surface area contributed by atoms with Crippen molar-refractivity contribution < 1.29 is 9.90 Å². The number of benzene rings is 1. The molecule has 0 saturated carbocycles. The summed E-state index contributed by atoms with van der Waals surface area (Å²) in [5.74, 6) is -0.608. The van der Waals surface area contributed by atoms with Gasteiger partial charge >= 0.3 is 5.97 Å². The molecule has 0 aliphatic rings. The molecule has 0 bridgehead atoms. The number of aryl methyl sites for hydroxylation is 3. The third kappa shape index (κ3) is 2.99. The van der Waals surface area contributed by atoms with Crippen molar-refractivity contribution in [3.8, 4) is 0 Å². The van der Waals surface area contributed by atoms with E-state index in [-0.39, 0.29) is 5.56 Å². The molecule has 2 rings (SSSR count). The number of aromatic nitrogens is 1. The van der Waals surface area contributed by atoms with Gasteiger partial charge in [-0.1, -0.05) is 15.9 Å². The Morgan fingerprint density at radius 1 is 1.20 bits per heavy atom. The maximum atomic E-state index is 11.4. The lowest BCUT2D eigenvalue weighted by Crippen LogP contribution is -2.08. The van der Waals surface area contributed by atoms with Crippen LogP contribution in [0.3, 0.4) is 0 Å². The van der Waals surface area contributed by atoms with Gasteiger partial charge in [-0.3, -0.25) is 0 Å². The normalized spacial score (nSPS) is 10.4. The summed E-state index contributed by atoms with van der Waals surface area (Å²) in [5, 5.41) is 12.4. The average molecular weight is 335 g/mol. The van der Waals surface area contributed by atoms with Crippen LogP contribution in [0.15, 0.2) is 28.7 Å². The number of hydrogen-bond acceptors (Lipinski definition) is 3. The summed E-state index contributed by atoms with van der Waals surface area (Å²) in [6, 6.07) is 7.50. The van der Waals surface area contributed by atoms with E-state index < -0.39 is 5.97 Å². The molecule has 2 aromatic rings. The lowest BCUT2D eigenvalue weighted by Gasteiger charge is -2.12. The molecule has 5 heteroatoms. The fraction of sp³-hybridized carbons (Fsp3) is 0.200. The van der Waals surface area contributed by atoms with Crippen molar-refractivity contribution in [3.63, 3.8) is 0 Å². The first-order valence-electron chi connectivity index (χ1n) is 6.13. The number of aromatic carboxylic acids is 1. The first-order chi connectivity index (χ1) is 9.38. The van der Waals surface area contributed by atoms with Gasteiger partial charge in [-0.25, -0.2) is 9.78 Å². The summed E-state index contributed by atoms with van der Waals surface area (Å²) in [4.78, 5) is 15.7. The minimum absolute atomic E-state index is 0.205. The largest absolute Gasteiger partial charge is 0.478 e. The van der Waals surface area contributed by atoms with E-state index >= 15 is 0 Å². The number of carboxylic acid groups (broad SMARTS) is 1. The molecule has 1 aromatic heterocycles. The fourth-order valence-corrected chi connectivity index (χ4v) is 2.30. The Bertz CT molecular complexity index is 684. The van der Waals surface area contributed by atoms with Crippen molar-refractivity contribution in [3.05, 3.63) is 51.1 Å². The Labute approximate surface area is 126 Å². The number of carboxylic acids is 1. The summed E-state index contributed by atoms with van der Waals surface area (Å²) in [5.41, 5.74) is 3.56. The lowest BCUT2D eigenvalue weighted by atomic mass is 10.1. The zero-order chi connectivity index (χ0) is 14.9. The summed E-state index contributed by atoms with van der Waals surface area (Å²) in [6.45, 7) is 5.59. The van der Waals surface area contributed by atoms with E-state index in [1.165, 1.54) is 0 Å². The van der Waals surface area contributed by atoms with E-state index in [2.05, 4.69) is 26.2 Å². The van der Waals surface area contributed by atoms with Crippen LogP contribution in [0.5, 0.6) is 0 Å². The molecule has 0 spiro atoms. The molecule has 0 aliphatic heterocycles. The minimum Gasteiger partial charge on any atom is -0.478 e. The molecule has 0 saturated heterocycles. The van der Waals surface area contributed by atoms with E-state index in [9.17, 15) is 9.90 Å². The quantitative estimate of drug-likeness (QED) is 0.882. The van der Waals surface area contributed by atoms with Gasteiger partial charge < -0.3 is 10.4 Å². The lowest BCUT2D eigenvalue weighted by molar-refractivity contribution is 0.0697. The molecule has 1 aromatic carbocycles. The van der Waals surface area contributed by atoms with Crippen LogP contribution in [-0.2, 0) is 0 Å². The van der Waals surface area contributed by atoms with Crippen molar-refractivity contribution in [2.24, 2.45) is 0 Å². The molecular formula is C15H15BrN2O2. The van der Waals surface area contributed by atoms with Crippen LogP contribution < -0.4 is 5.32 Å². The third-order valence-corrected chi connectivity index (χ3v) is 3.87. The van der Waals surface area contributed by atoms with Gasteiger partial charge in [0, 0.05) is 15.9 Å². The Hall–Kier alpha value is -1.88. The molecule has 1 heterocycles. The maximum absolute atomic E-state index is 11.4. The highest BCUT2D eigenvalue weighted by molar-refractivity contribution is 9.10. The summed E-state index contributed by atoms with van der Waals surface area (Å²) < 4.78 is 1.01. The number of halogens is 1. The Kier molecular flexibility index (Phi) is 4.09. The molecule has 0 radical (unpaired) electrons. The standard InChI is InChI=1S/C15H15BrN2O2/c1-8-7-11(4-5-12(8)16)18-14-13(15(19)20)9(2)6-10(3)17-14/h4-7H,1-3H3,(H,17,18)(H,19,20). The van der Waals surface area contributed by atoms with Gasteiger partial charge in [-0.15, -0.1) is 0 Å². The molecule has 20 heavy (non-hydrogen) atoms. The first-order valence-corrected chi connectivity index (χ1v) is 6.92. The smallest absolute Gasteiger partial charge is 0.339 e. The van der Waals surface area contributed by atoms with Crippen molar-refractivity contribution in [1.29, 1.82) is 0 Å². The molecular weight excluding hydrogens is 320 g/mol. The SMILES string of the molecule is Cc1cc(C)c(C(=O)O)c(Nc2ccc(Br)c(C)c2)n1. The molecule has 0 atom stereocenters. The van der Waals surface area contributed by atoms with Crippen LogP contribution >= 0.6 is 15.9 Å². The molecule has 0 amide bonds. The van der Waals surface area contributed by atoms with Crippen LogP contribution in [-0.4, -0.2) is 16.1 Å². The third-order valence-electron chi connectivity index (χ3n) is 2.98. The molecule has 2 N–H and O–H groups in total. The zero-order valence-electron chi connectivity index (χ0n) is 11.5. The van der Waals surface area contributed by atoms with E-state index in [0.29, 0.717) is 11.4 Å². The Morgan fingerprint density at radius 2 is 1.90 bits per heavy atom. The number of hydrogen-bond donors (Lipinski definition) is 2. The molecule has 0 fully saturated rings. The number of anilines is 2. The van der Waals surface area contributed by atoms with Gasteiger partial charge in [0.2, 0.25) is 0 Å². The maximum Gasteiger partial charge on any atom is 0.339 e. The van der Waals surface area contributed by atoms with Crippen LogP contribution in [0.25, 0.3) is 0 Å². The highest BCUT2D eigenvalue weighted by Crippen LogP contribution is 2.25. The molecule has 0 aliphatic carbocycles. The van der Waals surface area contributed by atoms with Crippen LogP contribution in [0.4, 0.5) is 11.5 Å². The van der Waals surface area contributed by atoms with Gasteiger partial charge in [0.15, 0.2) is 0 Å². The highest BCUT2D eigenvalue weighted by Gasteiger charge is 2.16. The Balaban J connectivity index is 2.47. The summed E-state index contributed by atoms with van der Waals surface area (Å²) in [7, 11) is 0. The van der Waals surface area contributed by atoms with Gasteiger partial charge in [0.25, 0.3) is 0 Å². The van der Waals surface area contributed by atoms with E-state index in [4.69, 9.17) is 0 Å². The zero-order valence-corrected chi connectivity index (χ0v) is 13.1. The van der Waals surface area contributed by atoms with Crippen LogP contribution in [0.1, 0.15) is 27.2 Å². The molecule has 4 nitrogen and oxygen atoms in total. The number of nitrogens with one attached hydrogen (secondary N) is 1. The fourth-order valence-electron chi connectivity index (χ4n) is 2.06. The van der Waals surface area contributed by atoms with Crippen molar-refractivity contribution in [2.75, 3.05) is 5.32 Å². The predicted molar refractivity (Wildman–Crippen MR) is 82.8 cm³/mol.